The van der Waals surface area contributed by atoms with Crippen LogP contribution in [-0.4, -0.2) is 9.78 Å². The number of fused-ring (bicyclic) bond motifs is 1. The first-order valence-corrected chi connectivity index (χ1v) is 6.12. The van der Waals surface area contributed by atoms with Gasteiger partial charge in [-0.1, -0.05) is 30.3 Å². The van der Waals surface area contributed by atoms with Gasteiger partial charge in [0.15, 0.2) is 0 Å². The minimum atomic E-state index is 0.240. The molecule has 0 amide bonds. The summed E-state index contributed by atoms with van der Waals surface area (Å²) in [5.41, 5.74) is 11.9. The molecule has 4 heteroatoms. The van der Waals surface area contributed by atoms with Crippen LogP contribution in [0.5, 0.6) is 5.75 Å². The van der Waals surface area contributed by atoms with Crippen LogP contribution in [0.1, 0.15) is 5.56 Å². The fourth-order valence-electron chi connectivity index (χ4n) is 2.18. The maximum Gasteiger partial charge on any atom is 0.125 e. The minimum Gasteiger partial charge on any atom is -0.507 e. The fourth-order valence-corrected chi connectivity index (χ4v) is 2.18. The number of aromatic nitrogens is 1. The molecule has 0 bridgehead atoms. The van der Waals surface area contributed by atoms with Gasteiger partial charge in [0.1, 0.15) is 5.75 Å². The van der Waals surface area contributed by atoms with Crippen molar-refractivity contribution in [2.45, 2.75) is 6.54 Å². The van der Waals surface area contributed by atoms with Gasteiger partial charge >= 0.3 is 0 Å². The number of benzene rings is 2. The monoisotopic (exact) mass is 253 g/mol. The Morgan fingerprint density at radius 1 is 1.05 bits per heavy atom. The molecule has 1 aromatic heterocycles. The van der Waals surface area contributed by atoms with Crippen molar-refractivity contribution in [1.29, 1.82) is 0 Å². The van der Waals surface area contributed by atoms with Gasteiger partial charge in [-0.3, -0.25) is 4.68 Å². The highest BCUT2D eigenvalue weighted by Crippen LogP contribution is 2.29. The Labute approximate surface area is 111 Å². The summed E-state index contributed by atoms with van der Waals surface area (Å²) >= 11 is 0. The average Bonchev–Trinajstić information content (AvgIpc) is 2.87. The second-order valence-corrected chi connectivity index (χ2v) is 4.44. The summed E-state index contributed by atoms with van der Waals surface area (Å²) in [6.45, 7) is 0.694. The summed E-state index contributed by atoms with van der Waals surface area (Å²) in [6.07, 6.45) is 1.86. The molecule has 0 unspecified atom stereocenters. The molecule has 3 aromatic rings. The lowest BCUT2D eigenvalue weighted by atomic mass is 10.2. The van der Waals surface area contributed by atoms with Gasteiger partial charge in [0.2, 0.25) is 0 Å². The number of phenolic OH excluding ortho intramolecular Hbond substituents is 1. The quantitative estimate of drug-likeness (QED) is 0.496. The highest BCUT2D eigenvalue weighted by Gasteiger charge is 2.08. The summed E-state index contributed by atoms with van der Waals surface area (Å²) < 4.78 is 1.84. The third-order valence-corrected chi connectivity index (χ3v) is 3.15. The number of nitrogen functional groups attached to an aromatic ring is 1. The Morgan fingerprint density at radius 2 is 1.84 bits per heavy atom. The molecule has 4 nitrogen and oxygen atoms in total. The third kappa shape index (κ3) is 2.08. The smallest absolute Gasteiger partial charge is 0.125 e. The van der Waals surface area contributed by atoms with E-state index in [1.807, 2.05) is 35.1 Å². The van der Waals surface area contributed by atoms with Crippen LogP contribution in [0.3, 0.4) is 0 Å². The van der Waals surface area contributed by atoms with Gasteiger partial charge in [-0.05, 0) is 23.8 Å². The van der Waals surface area contributed by atoms with E-state index >= 15 is 0 Å². The zero-order valence-corrected chi connectivity index (χ0v) is 10.4. The first-order valence-electron chi connectivity index (χ1n) is 6.12. The van der Waals surface area contributed by atoms with Crippen LogP contribution in [0.25, 0.3) is 10.9 Å². The van der Waals surface area contributed by atoms with Crippen LogP contribution < -0.4 is 11.2 Å². The Hall–Kier alpha value is -2.62. The van der Waals surface area contributed by atoms with E-state index in [0.29, 0.717) is 12.2 Å². The summed E-state index contributed by atoms with van der Waals surface area (Å²) in [5, 5.41) is 10.5. The first-order chi connectivity index (χ1) is 9.25. The van der Waals surface area contributed by atoms with Crippen molar-refractivity contribution in [2.24, 2.45) is 0 Å². The maximum absolute atomic E-state index is 9.80. The molecule has 1 heterocycles. The first kappa shape index (κ1) is 11.5. The molecule has 19 heavy (non-hydrogen) atoms. The number of aromatic hydroxyl groups is 1. The van der Waals surface area contributed by atoms with Gasteiger partial charge in [-0.2, -0.15) is 0 Å². The number of phenols is 1. The molecule has 96 valence electrons. The fraction of sp³-hybridized carbons (Fsp3) is 0.0667. The average molecular weight is 253 g/mol. The van der Waals surface area contributed by atoms with Crippen LogP contribution in [0, 0.1) is 0 Å². The molecule has 0 atom stereocenters. The number of nitrogens with zero attached hydrogens (tertiary/aromatic N) is 1. The van der Waals surface area contributed by atoms with E-state index in [-0.39, 0.29) is 5.75 Å². The van der Waals surface area contributed by atoms with E-state index in [0.717, 1.165) is 10.9 Å². The van der Waals surface area contributed by atoms with Gasteiger partial charge < -0.3 is 16.3 Å². The molecule has 0 aliphatic carbocycles. The number of nitrogens with one attached hydrogen (secondary N) is 1. The van der Waals surface area contributed by atoms with Gasteiger partial charge in [0.05, 0.1) is 17.7 Å². The molecule has 0 fully saturated rings. The van der Waals surface area contributed by atoms with Crippen LogP contribution >= 0.6 is 0 Å². The van der Waals surface area contributed by atoms with Crippen molar-refractivity contribution in [1.82, 2.24) is 4.68 Å². The predicted molar refractivity (Wildman–Crippen MR) is 77.5 cm³/mol. The van der Waals surface area contributed by atoms with Crippen molar-refractivity contribution in [3.8, 4) is 5.75 Å². The number of rotatable bonds is 3. The van der Waals surface area contributed by atoms with Gasteiger partial charge in [0.25, 0.3) is 0 Å². The SMILES string of the molecule is Nc1ccc(O)c2ccn(NCc3ccccc3)c12. The Balaban J connectivity index is 1.92. The van der Waals surface area contributed by atoms with Crippen LogP contribution in [0.2, 0.25) is 0 Å². The van der Waals surface area contributed by atoms with Crippen LogP contribution in [0.4, 0.5) is 5.69 Å². The zero-order valence-electron chi connectivity index (χ0n) is 10.4. The molecule has 0 spiro atoms. The molecule has 0 aliphatic heterocycles. The molecule has 4 N–H and O–H groups in total. The van der Waals surface area contributed by atoms with Gasteiger partial charge in [-0.25, -0.2) is 0 Å². The second kappa shape index (κ2) is 4.57. The molecule has 2 aromatic carbocycles. The molecule has 0 radical (unpaired) electrons. The van der Waals surface area contributed by atoms with Crippen LogP contribution in [0.15, 0.2) is 54.7 Å². The van der Waals surface area contributed by atoms with Crippen molar-refractivity contribution in [3.63, 3.8) is 0 Å². The summed E-state index contributed by atoms with van der Waals surface area (Å²) in [6, 6.07) is 15.3. The summed E-state index contributed by atoms with van der Waals surface area (Å²) in [4.78, 5) is 0. The highest BCUT2D eigenvalue weighted by atomic mass is 16.3. The summed E-state index contributed by atoms with van der Waals surface area (Å²) in [7, 11) is 0. The minimum absolute atomic E-state index is 0.240. The van der Waals surface area contributed by atoms with Gasteiger partial charge in [0, 0.05) is 11.6 Å². The van der Waals surface area contributed by atoms with E-state index in [2.05, 4.69) is 17.6 Å². The Kier molecular flexibility index (Phi) is 2.76. The second-order valence-electron chi connectivity index (χ2n) is 4.44. The van der Waals surface area contributed by atoms with E-state index in [1.165, 1.54) is 5.56 Å². The Morgan fingerprint density at radius 3 is 2.63 bits per heavy atom. The molecule has 0 aliphatic rings. The standard InChI is InChI=1S/C15H15N3O/c16-13-6-7-14(19)12-8-9-18(15(12)13)17-10-11-4-2-1-3-5-11/h1-9,17,19H,10,16H2. The Bertz CT molecular complexity index is 704. The predicted octanol–water partition coefficient (Wildman–Crippen LogP) is 2.67. The molecule has 3 rings (SSSR count). The molecule has 0 saturated carbocycles. The lowest BCUT2D eigenvalue weighted by molar-refractivity contribution is 0.482. The number of hydrogen-bond donors (Lipinski definition) is 3. The lowest BCUT2D eigenvalue weighted by Crippen LogP contribution is -2.13. The molecular formula is C15H15N3O. The maximum atomic E-state index is 9.80. The molecular weight excluding hydrogens is 238 g/mol. The number of hydrogen-bond acceptors (Lipinski definition) is 3. The van der Waals surface area contributed by atoms with E-state index in [4.69, 9.17) is 5.73 Å². The highest BCUT2D eigenvalue weighted by molar-refractivity contribution is 5.95. The van der Waals surface area contributed by atoms with Gasteiger partial charge in [-0.15, -0.1) is 0 Å². The number of anilines is 1. The van der Waals surface area contributed by atoms with E-state index in [1.54, 1.807) is 12.1 Å². The zero-order chi connectivity index (χ0) is 13.2. The topological polar surface area (TPSA) is 63.2 Å². The van der Waals surface area contributed by atoms with Crippen molar-refractivity contribution < 1.29 is 5.11 Å². The summed E-state index contributed by atoms with van der Waals surface area (Å²) in [5.74, 6) is 0.240. The van der Waals surface area contributed by atoms with Crippen molar-refractivity contribution >= 4 is 16.6 Å². The largest absolute Gasteiger partial charge is 0.507 e. The third-order valence-electron chi connectivity index (χ3n) is 3.15. The van der Waals surface area contributed by atoms with E-state index < -0.39 is 0 Å². The van der Waals surface area contributed by atoms with Crippen LogP contribution in [-0.2, 0) is 6.54 Å². The van der Waals surface area contributed by atoms with Crippen molar-refractivity contribution in [3.05, 3.63) is 60.3 Å². The van der Waals surface area contributed by atoms with Crippen molar-refractivity contribution in [2.75, 3.05) is 11.2 Å². The number of nitrogens with two attached hydrogens (primary N) is 1. The normalized spacial score (nSPS) is 10.7. The lowest BCUT2D eigenvalue weighted by Gasteiger charge is -2.11. The molecule has 0 saturated heterocycles. The van der Waals surface area contributed by atoms with E-state index in [9.17, 15) is 5.11 Å².